The summed E-state index contributed by atoms with van der Waals surface area (Å²) < 4.78 is 2.18. The van der Waals surface area contributed by atoms with Gasteiger partial charge in [0.15, 0.2) is 0 Å². The Morgan fingerprint density at radius 1 is 1.38 bits per heavy atom. The van der Waals surface area contributed by atoms with E-state index in [2.05, 4.69) is 49.9 Å². The maximum Gasteiger partial charge on any atom is 0.0507 e. The van der Waals surface area contributed by atoms with Crippen molar-refractivity contribution in [3.63, 3.8) is 0 Å². The molecule has 1 aromatic heterocycles. The van der Waals surface area contributed by atoms with Crippen LogP contribution in [0.3, 0.4) is 0 Å². The van der Waals surface area contributed by atoms with Gasteiger partial charge in [-0.2, -0.15) is 0 Å². The molecule has 2 heteroatoms. The zero-order valence-electron chi connectivity index (χ0n) is 10.3. The highest BCUT2D eigenvalue weighted by atomic mass is 14.9. The molecule has 0 aliphatic heterocycles. The van der Waals surface area contributed by atoms with Gasteiger partial charge >= 0.3 is 0 Å². The van der Waals surface area contributed by atoms with Crippen molar-refractivity contribution in [2.45, 2.75) is 26.2 Å². The number of nitrogens with zero attached hydrogens (tertiary/aromatic N) is 1. The summed E-state index contributed by atoms with van der Waals surface area (Å²) in [5.74, 6) is 0.549. The zero-order valence-corrected chi connectivity index (χ0v) is 10.3. The first-order valence-corrected chi connectivity index (χ1v) is 5.89. The molecular weight excluding hydrogens is 196 g/mol. The number of fused-ring (bicyclic) bond motifs is 1. The molecular formula is C14H20N2. The summed E-state index contributed by atoms with van der Waals surface area (Å²) in [6.07, 6.45) is 3.17. The molecule has 2 nitrogen and oxygen atoms in total. The van der Waals surface area contributed by atoms with Crippen LogP contribution in [0.2, 0.25) is 0 Å². The van der Waals surface area contributed by atoms with Crippen LogP contribution in [-0.2, 0) is 7.05 Å². The van der Waals surface area contributed by atoms with Crippen LogP contribution in [0.4, 0.5) is 0 Å². The summed E-state index contributed by atoms with van der Waals surface area (Å²) in [6.45, 7) is 5.18. The van der Waals surface area contributed by atoms with Gasteiger partial charge in [0.1, 0.15) is 0 Å². The number of hydrogen-bond donors (Lipinski definition) is 1. The quantitative estimate of drug-likeness (QED) is 0.840. The highest BCUT2D eigenvalue weighted by Crippen LogP contribution is 2.26. The van der Waals surface area contributed by atoms with Crippen molar-refractivity contribution in [1.82, 2.24) is 4.57 Å². The molecule has 1 atom stereocenters. The average molecular weight is 216 g/mol. The predicted molar refractivity (Wildman–Crippen MR) is 69.7 cm³/mol. The molecule has 0 amide bonds. The first-order chi connectivity index (χ1) is 7.63. The Morgan fingerprint density at radius 2 is 2.12 bits per heavy atom. The molecule has 0 fully saturated rings. The van der Waals surface area contributed by atoms with Crippen LogP contribution in [0.25, 0.3) is 10.9 Å². The molecule has 0 spiro atoms. The third kappa shape index (κ3) is 1.85. The van der Waals surface area contributed by atoms with E-state index >= 15 is 0 Å². The SMILES string of the molecule is Cc1cc(C(C)CCN)cc2ccn(C)c12. The lowest BCUT2D eigenvalue weighted by molar-refractivity contribution is 0.690. The lowest BCUT2D eigenvalue weighted by Crippen LogP contribution is -2.04. The van der Waals surface area contributed by atoms with Crippen LogP contribution in [-0.4, -0.2) is 11.1 Å². The first kappa shape index (κ1) is 11.2. The Kier molecular flexibility index (Phi) is 3.01. The second kappa shape index (κ2) is 4.30. The highest BCUT2D eigenvalue weighted by molar-refractivity contribution is 5.84. The van der Waals surface area contributed by atoms with Gasteiger partial charge in [-0.15, -0.1) is 0 Å². The fourth-order valence-corrected chi connectivity index (χ4v) is 2.41. The maximum atomic E-state index is 5.62. The van der Waals surface area contributed by atoms with Crippen LogP contribution < -0.4 is 5.73 Å². The van der Waals surface area contributed by atoms with E-state index in [9.17, 15) is 0 Å². The summed E-state index contributed by atoms with van der Waals surface area (Å²) in [6, 6.07) is 6.77. The molecule has 2 N–H and O–H groups in total. The van der Waals surface area contributed by atoms with Crippen molar-refractivity contribution in [2.24, 2.45) is 12.8 Å². The third-order valence-electron chi connectivity index (χ3n) is 3.35. The van der Waals surface area contributed by atoms with E-state index in [1.807, 2.05) is 0 Å². The second-order valence-electron chi connectivity index (χ2n) is 4.68. The molecule has 0 aliphatic rings. The van der Waals surface area contributed by atoms with Gasteiger partial charge in [0, 0.05) is 18.6 Å². The minimum Gasteiger partial charge on any atom is -0.350 e. The normalized spacial score (nSPS) is 13.2. The van der Waals surface area contributed by atoms with Crippen LogP contribution in [0.5, 0.6) is 0 Å². The van der Waals surface area contributed by atoms with Crippen molar-refractivity contribution in [2.75, 3.05) is 6.54 Å². The molecule has 2 rings (SSSR count). The molecule has 0 aliphatic carbocycles. The molecule has 2 aromatic rings. The van der Waals surface area contributed by atoms with Crippen molar-refractivity contribution in [1.29, 1.82) is 0 Å². The minimum absolute atomic E-state index is 0.549. The maximum absolute atomic E-state index is 5.62. The van der Waals surface area contributed by atoms with Crippen molar-refractivity contribution >= 4 is 10.9 Å². The summed E-state index contributed by atoms with van der Waals surface area (Å²) in [5.41, 5.74) is 9.71. The highest BCUT2D eigenvalue weighted by Gasteiger charge is 2.09. The van der Waals surface area contributed by atoms with E-state index in [1.165, 1.54) is 22.0 Å². The number of aromatic nitrogens is 1. The van der Waals surface area contributed by atoms with Crippen molar-refractivity contribution in [3.05, 3.63) is 35.5 Å². The van der Waals surface area contributed by atoms with Crippen LogP contribution >= 0.6 is 0 Å². The summed E-state index contributed by atoms with van der Waals surface area (Å²) >= 11 is 0. The molecule has 1 unspecified atom stereocenters. The van der Waals surface area contributed by atoms with Gasteiger partial charge in [-0.25, -0.2) is 0 Å². The Morgan fingerprint density at radius 3 is 2.81 bits per heavy atom. The molecule has 16 heavy (non-hydrogen) atoms. The molecule has 86 valence electrons. The van der Waals surface area contributed by atoms with Crippen molar-refractivity contribution in [3.8, 4) is 0 Å². The Balaban J connectivity index is 2.50. The molecule has 0 bridgehead atoms. The average Bonchev–Trinajstić information content (AvgIpc) is 2.61. The fourth-order valence-electron chi connectivity index (χ4n) is 2.41. The van der Waals surface area contributed by atoms with E-state index in [-0.39, 0.29) is 0 Å². The van der Waals surface area contributed by atoms with E-state index < -0.39 is 0 Å². The number of aryl methyl sites for hydroxylation is 2. The van der Waals surface area contributed by atoms with Gasteiger partial charge in [0.05, 0.1) is 5.52 Å². The topological polar surface area (TPSA) is 30.9 Å². The Hall–Kier alpha value is -1.28. The lowest BCUT2D eigenvalue weighted by atomic mass is 9.95. The standard InChI is InChI=1S/C14H20N2/c1-10(4-6-15)13-8-11(2)14-12(9-13)5-7-16(14)3/h5,7-10H,4,6,15H2,1-3H3. The third-order valence-corrected chi connectivity index (χ3v) is 3.35. The smallest absolute Gasteiger partial charge is 0.0507 e. The van der Waals surface area contributed by atoms with Crippen LogP contribution in [0, 0.1) is 6.92 Å². The molecule has 0 saturated heterocycles. The first-order valence-electron chi connectivity index (χ1n) is 5.89. The van der Waals surface area contributed by atoms with Gasteiger partial charge in [-0.3, -0.25) is 0 Å². The van der Waals surface area contributed by atoms with Gasteiger partial charge in [0.2, 0.25) is 0 Å². The van der Waals surface area contributed by atoms with Gasteiger partial charge in [-0.1, -0.05) is 13.0 Å². The largest absolute Gasteiger partial charge is 0.350 e. The van der Waals surface area contributed by atoms with E-state index in [0.717, 1.165) is 13.0 Å². The monoisotopic (exact) mass is 216 g/mol. The number of benzene rings is 1. The van der Waals surface area contributed by atoms with Gasteiger partial charge in [-0.05, 0) is 49.1 Å². The number of nitrogens with two attached hydrogens (primary N) is 1. The zero-order chi connectivity index (χ0) is 11.7. The molecule has 0 radical (unpaired) electrons. The summed E-state index contributed by atoms with van der Waals surface area (Å²) in [7, 11) is 2.10. The molecule has 1 heterocycles. The molecule has 1 aromatic carbocycles. The second-order valence-corrected chi connectivity index (χ2v) is 4.68. The summed E-state index contributed by atoms with van der Waals surface area (Å²) in [5, 5.41) is 1.33. The van der Waals surface area contributed by atoms with Crippen LogP contribution in [0.1, 0.15) is 30.4 Å². The fraction of sp³-hybridized carbons (Fsp3) is 0.429. The minimum atomic E-state index is 0.549. The lowest BCUT2D eigenvalue weighted by Gasteiger charge is -2.12. The predicted octanol–water partition coefficient (Wildman–Crippen LogP) is 2.94. The number of hydrogen-bond acceptors (Lipinski definition) is 1. The van der Waals surface area contributed by atoms with Gasteiger partial charge < -0.3 is 10.3 Å². The number of rotatable bonds is 3. The summed E-state index contributed by atoms with van der Waals surface area (Å²) in [4.78, 5) is 0. The Labute approximate surface area is 97.1 Å². The van der Waals surface area contributed by atoms with E-state index in [0.29, 0.717) is 5.92 Å². The van der Waals surface area contributed by atoms with E-state index in [1.54, 1.807) is 0 Å². The van der Waals surface area contributed by atoms with Gasteiger partial charge in [0.25, 0.3) is 0 Å². The van der Waals surface area contributed by atoms with Crippen molar-refractivity contribution < 1.29 is 0 Å². The van der Waals surface area contributed by atoms with E-state index in [4.69, 9.17) is 5.73 Å². The molecule has 0 saturated carbocycles. The van der Waals surface area contributed by atoms with Crippen LogP contribution in [0.15, 0.2) is 24.4 Å². The Bertz CT molecular complexity index is 497.